The van der Waals surface area contributed by atoms with Crippen molar-refractivity contribution in [1.82, 2.24) is 4.90 Å². The molecule has 3 rings (SSSR count). The molecule has 2 N–H and O–H groups in total. The highest BCUT2D eigenvalue weighted by molar-refractivity contribution is 5.97. The smallest absolute Gasteiger partial charge is 0.343 e. The van der Waals surface area contributed by atoms with Crippen molar-refractivity contribution in [3.63, 3.8) is 0 Å². The van der Waals surface area contributed by atoms with Gasteiger partial charge < -0.3 is 15.3 Å². The number of carboxylic acid groups (broad SMARTS) is 1. The minimum absolute atomic E-state index is 0.0233. The first kappa shape index (κ1) is 16.4. The molecule has 7 heteroatoms. The zero-order chi connectivity index (χ0) is 17.5. The molecule has 3 unspecified atom stereocenters. The molecule has 1 heterocycles. The van der Waals surface area contributed by atoms with Crippen LogP contribution in [0.15, 0.2) is 24.3 Å². The van der Waals surface area contributed by atoms with E-state index in [1.54, 1.807) is 24.3 Å². The molecule has 2 fully saturated rings. The van der Waals surface area contributed by atoms with E-state index < -0.39 is 24.1 Å². The van der Waals surface area contributed by atoms with E-state index in [0.29, 0.717) is 17.2 Å². The third kappa shape index (κ3) is 3.11. The molecule has 0 spiro atoms. The van der Waals surface area contributed by atoms with Gasteiger partial charge in [0.1, 0.15) is 0 Å². The third-order valence-corrected chi connectivity index (χ3v) is 4.74. The van der Waals surface area contributed by atoms with Crippen molar-refractivity contribution in [2.75, 3.05) is 18.4 Å². The molecule has 0 bridgehead atoms. The number of nitrogens with zero attached hydrogens (tertiary/aromatic N) is 1. The molecule has 1 aliphatic carbocycles. The van der Waals surface area contributed by atoms with Crippen molar-refractivity contribution in [2.24, 2.45) is 11.8 Å². The van der Waals surface area contributed by atoms with E-state index in [2.05, 4.69) is 5.32 Å². The summed E-state index contributed by atoms with van der Waals surface area (Å²) in [7, 11) is 0. The predicted octanol–water partition coefficient (Wildman–Crippen LogP) is 1.92. The van der Waals surface area contributed by atoms with E-state index in [1.165, 1.54) is 4.90 Å². The molecule has 128 valence electrons. The minimum atomic E-state index is -2.37. The Morgan fingerprint density at radius 2 is 1.92 bits per heavy atom. The third-order valence-electron chi connectivity index (χ3n) is 4.74. The summed E-state index contributed by atoms with van der Waals surface area (Å²) in [5.41, 5.74) is -1.44. The average Bonchev–Trinajstić information content (AvgIpc) is 3.14. The second-order valence-electron chi connectivity index (χ2n) is 6.63. The molecular weight excluding hydrogens is 315 g/mol. The van der Waals surface area contributed by atoms with Crippen LogP contribution in [-0.2, 0) is 9.59 Å². The molecule has 1 aromatic carbocycles. The average molecular weight is 334 g/mol. The molecule has 2 amide bonds. The maximum Gasteiger partial charge on any atom is 0.343 e. The zero-order valence-corrected chi connectivity index (χ0v) is 13.3. The number of likely N-dealkylation sites (tertiary alicyclic amines) is 1. The number of halogens is 1. The molecule has 2 aliphatic rings. The van der Waals surface area contributed by atoms with Crippen molar-refractivity contribution in [3.05, 3.63) is 29.8 Å². The lowest BCUT2D eigenvalue weighted by Gasteiger charge is -2.18. The lowest BCUT2D eigenvalue weighted by molar-refractivity contribution is -0.149. The molecule has 0 aromatic heterocycles. The SMILES string of the molecule is CC1CC1C(=O)Nc1ccc(C(=O)N2CCC(F)(C(=O)O)C2)cc1. The van der Waals surface area contributed by atoms with E-state index >= 15 is 0 Å². The van der Waals surface area contributed by atoms with E-state index in [1.807, 2.05) is 6.92 Å². The predicted molar refractivity (Wildman–Crippen MR) is 84.3 cm³/mol. The minimum Gasteiger partial charge on any atom is -0.479 e. The van der Waals surface area contributed by atoms with Gasteiger partial charge in [0.15, 0.2) is 0 Å². The van der Waals surface area contributed by atoms with Gasteiger partial charge in [-0.25, -0.2) is 9.18 Å². The van der Waals surface area contributed by atoms with Gasteiger partial charge in [-0.2, -0.15) is 0 Å². The zero-order valence-electron chi connectivity index (χ0n) is 13.3. The van der Waals surface area contributed by atoms with Gasteiger partial charge in [0.25, 0.3) is 5.91 Å². The number of amides is 2. The highest BCUT2D eigenvalue weighted by atomic mass is 19.1. The van der Waals surface area contributed by atoms with Gasteiger partial charge in [-0.15, -0.1) is 0 Å². The largest absolute Gasteiger partial charge is 0.479 e. The first-order chi connectivity index (χ1) is 11.3. The van der Waals surface area contributed by atoms with Crippen molar-refractivity contribution >= 4 is 23.5 Å². The summed E-state index contributed by atoms with van der Waals surface area (Å²) in [4.78, 5) is 36.3. The quantitative estimate of drug-likeness (QED) is 0.881. The highest BCUT2D eigenvalue weighted by Gasteiger charge is 2.47. The Morgan fingerprint density at radius 3 is 2.42 bits per heavy atom. The van der Waals surface area contributed by atoms with Gasteiger partial charge >= 0.3 is 5.97 Å². The van der Waals surface area contributed by atoms with Crippen molar-refractivity contribution < 1.29 is 23.9 Å². The first-order valence-corrected chi connectivity index (χ1v) is 7.93. The lowest BCUT2D eigenvalue weighted by atomic mass is 10.1. The molecule has 0 radical (unpaired) electrons. The molecule has 1 aromatic rings. The number of rotatable bonds is 4. The Hall–Kier alpha value is -2.44. The maximum atomic E-state index is 14.0. The number of carbonyl (C=O) groups is 3. The van der Waals surface area contributed by atoms with Gasteiger partial charge in [0.05, 0.1) is 6.54 Å². The molecule has 24 heavy (non-hydrogen) atoms. The second kappa shape index (κ2) is 5.89. The molecule has 1 saturated heterocycles. The van der Waals surface area contributed by atoms with E-state index in [-0.39, 0.29) is 24.8 Å². The molecular formula is C17H19FN2O4. The number of carboxylic acids is 1. The summed E-state index contributed by atoms with van der Waals surface area (Å²) in [6.45, 7) is 1.64. The fourth-order valence-electron chi connectivity index (χ4n) is 2.92. The number of hydrogen-bond donors (Lipinski definition) is 2. The van der Waals surface area contributed by atoms with Crippen LogP contribution in [0.5, 0.6) is 0 Å². The summed E-state index contributed by atoms with van der Waals surface area (Å²) in [5, 5.41) is 11.7. The monoisotopic (exact) mass is 334 g/mol. The summed E-state index contributed by atoms with van der Waals surface area (Å²) in [5.74, 6) is -1.50. The second-order valence-corrected chi connectivity index (χ2v) is 6.63. The fraction of sp³-hybridized carbons (Fsp3) is 0.471. The molecule has 3 atom stereocenters. The normalized spacial score (nSPS) is 28.5. The highest BCUT2D eigenvalue weighted by Crippen LogP contribution is 2.38. The van der Waals surface area contributed by atoms with Crippen molar-refractivity contribution in [3.8, 4) is 0 Å². The van der Waals surface area contributed by atoms with Crippen LogP contribution in [0.1, 0.15) is 30.1 Å². The van der Waals surface area contributed by atoms with Crippen LogP contribution in [0.3, 0.4) is 0 Å². The van der Waals surface area contributed by atoms with Gasteiger partial charge in [0, 0.05) is 30.1 Å². The number of anilines is 1. The van der Waals surface area contributed by atoms with Crippen molar-refractivity contribution in [2.45, 2.75) is 25.4 Å². The summed E-state index contributed by atoms with van der Waals surface area (Å²) < 4.78 is 14.0. The first-order valence-electron chi connectivity index (χ1n) is 7.93. The Morgan fingerprint density at radius 1 is 1.29 bits per heavy atom. The van der Waals surface area contributed by atoms with Gasteiger partial charge in [-0.05, 0) is 36.6 Å². The summed E-state index contributed by atoms with van der Waals surface area (Å²) in [6.07, 6.45) is 0.688. The Labute approximate surface area is 138 Å². The standard InChI is InChI=1S/C17H19FN2O4/c1-10-8-13(10)14(21)19-12-4-2-11(3-5-12)15(22)20-7-6-17(18,9-20)16(23)24/h2-5,10,13H,6-9H2,1H3,(H,19,21)(H,23,24). The number of benzene rings is 1. The molecule has 6 nitrogen and oxygen atoms in total. The Balaban J connectivity index is 1.62. The van der Waals surface area contributed by atoms with Crippen LogP contribution in [0.4, 0.5) is 10.1 Å². The number of nitrogens with one attached hydrogen (secondary N) is 1. The van der Waals surface area contributed by atoms with Crippen LogP contribution in [0.25, 0.3) is 0 Å². The summed E-state index contributed by atoms with van der Waals surface area (Å²) >= 11 is 0. The van der Waals surface area contributed by atoms with Gasteiger partial charge in [-0.1, -0.05) is 6.92 Å². The van der Waals surface area contributed by atoms with E-state index in [4.69, 9.17) is 5.11 Å². The van der Waals surface area contributed by atoms with E-state index in [0.717, 1.165) is 6.42 Å². The molecule has 1 aliphatic heterocycles. The number of hydrogen-bond acceptors (Lipinski definition) is 3. The number of alkyl halides is 1. The number of carbonyl (C=O) groups excluding carboxylic acids is 2. The van der Waals surface area contributed by atoms with Gasteiger partial charge in [0.2, 0.25) is 11.6 Å². The lowest BCUT2D eigenvalue weighted by Crippen LogP contribution is -2.38. The Kier molecular flexibility index (Phi) is 4.03. The van der Waals surface area contributed by atoms with Crippen molar-refractivity contribution in [1.29, 1.82) is 0 Å². The van der Waals surface area contributed by atoms with Crippen LogP contribution in [0.2, 0.25) is 0 Å². The molecule has 1 saturated carbocycles. The topological polar surface area (TPSA) is 86.7 Å². The van der Waals surface area contributed by atoms with Gasteiger partial charge in [-0.3, -0.25) is 9.59 Å². The maximum absolute atomic E-state index is 14.0. The Bertz CT molecular complexity index is 690. The van der Waals surface area contributed by atoms with E-state index in [9.17, 15) is 18.8 Å². The van der Waals surface area contributed by atoms with Crippen LogP contribution >= 0.6 is 0 Å². The fourth-order valence-corrected chi connectivity index (χ4v) is 2.92. The van der Waals surface area contributed by atoms with Crippen LogP contribution < -0.4 is 5.32 Å². The van der Waals surface area contributed by atoms with Crippen LogP contribution in [-0.4, -0.2) is 46.5 Å². The number of aliphatic carboxylic acids is 1. The summed E-state index contributed by atoms with van der Waals surface area (Å²) in [6, 6.07) is 6.34. The van der Waals surface area contributed by atoms with Crippen LogP contribution in [0, 0.1) is 11.8 Å².